The molecule has 1 unspecified atom stereocenters. The lowest BCUT2D eigenvalue weighted by Crippen LogP contribution is -2.12. The maximum absolute atomic E-state index is 11.5. The van der Waals surface area contributed by atoms with Crippen LogP contribution in [0.1, 0.15) is 32.6 Å². The molecule has 0 amide bonds. The van der Waals surface area contributed by atoms with E-state index in [1.165, 1.54) is 5.57 Å². The van der Waals surface area contributed by atoms with Gasteiger partial charge in [-0.25, -0.2) is 0 Å². The Morgan fingerprint density at radius 3 is 3.00 bits per heavy atom. The molecule has 1 rings (SSSR count). The maximum atomic E-state index is 11.5. The zero-order valence-electron chi connectivity index (χ0n) is 11.1. The van der Waals surface area contributed by atoms with Gasteiger partial charge < -0.3 is 4.74 Å². The Labute approximate surface area is 110 Å². The van der Waals surface area contributed by atoms with Crippen molar-refractivity contribution in [3.05, 3.63) is 48.6 Å². The van der Waals surface area contributed by atoms with E-state index in [0.29, 0.717) is 13.0 Å². The van der Waals surface area contributed by atoms with Crippen LogP contribution in [0.3, 0.4) is 0 Å². The molecular weight excluding hydrogens is 224 g/mol. The van der Waals surface area contributed by atoms with Crippen molar-refractivity contribution in [2.24, 2.45) is 5.92 Å². The number of hydrogen-bond acceptors (Lipinski definition) is 2. The highest BCUT2D eigenvalue weighted by atomic mass is 16.5. The van der Waals surface area contributed by atoms with E-state index < -0.39 is 0 Å². The molecule has 0 aliphatic heterocycles. The van der Waals surface area contributed by atoms with Crippen molar-refractivity contribution in [3.63, 3.8) is 0 Å². The summed E-state index contributed by atoms with van der Waals surface area (Å²) < 4.78 is 5.00. The Kier molecular flexibility index (Phi) is 6.85. The van der Waals surface area contributed by atoms with E-state index in [0.717, 1.165) is 19.3 Å². The van der Waals surface area contributed by atoms with Crippen LogP contribution in [0.2, 0.25) is 0 Å². The molecule has 1 atom stereocenters. The zero-order valence-corrected chi connectivity index (χ0v) is 11.1. The van der Waals surface area contributed by atoms with Gasteiger partial charge in [-0.1, -0.05) is 36.5 Å². The van der Waals surface area contributed by atoms with Gasteiger partial charge in [0.05, 0.1) is 13.0 Å². The molecule has 0 bridgehead atoms. The number of ether oxygens (including phenoxy) is 1. The predicted octanol–water partition coefficient (Wildman–Crippen LogP) is 3.96. The van der Waals surface area contributed by atoms with Crippen LogP contribution < -0.4 is 0 Å². The molecule has 1 aliphatic rings. The Hall–Kier alpha value is -1.57. The summed E-state index contributed by atoms with van der Waals surface area (Å²) in [4.78, 5) is 11.5. The fourth-order valence-corrected chi connectivity index (χ4v) is 1.94. The summed E-state index contributed by atoms with van der Waals surface area (Å²) in [7, 11) is 0. The second-order valence-corrected chi connectivity index (χ2v) is 4.28. The highest BCUT2D eigenvalue weighted by Crippen LogP contribution is 2.23. The standard InChI is InChI=1S/C16H22O2/c1-3-5-6-7-10-14-11-8-9-12-15(14)13-16(17)18-4-2/h3,8-12,15H,1,4-7,13H2,2H3/b14-10+. The van der Waals surface area contributed by atoms with Crippen LogP contribution in [0, 0.1) is 5.92 Å². The summed E-state index contributed by atoms with van der Waals surface area (Å²) >= 11 is 0. The molecule has 2 heteroatoms. The largest absolute Gasteiger partial charge is 0.466 e. The number of rotatable bonds is 7. The van der Waals surface area contributed by atoms with Crippen LogP contribution in [0.15, 0.2) is 48.6 Å². The third-order valence-corrected chi connectivity index (χ3v) is 2.86. The van der Waals surface area contributed by atoms with Crippen LogP contribution in [0.25, 0.3) is 0 Å². The van der Waals surface area contributed by atoms with E-state index >= 15 is 0 Å². The van der Waals surface area contributed by atoms with Crippen LogP contribution in [0.5, 0.6) is 0 Å². The molecular formula is C16H22O2. The lowest BCUT2D eigenvalue weighted by molar-refractivity contribution is -0.143. The molecule has 0 aromatic rings. The highest BCUT2D eigenvalue weighted by Gasteiger charge is 2.16. The summed E-state index contributed by atoms with van der Waals surface area (Å²) in [5.41, 5.74) is 1.22. The summed E-state index contributed by atoms with van der Waals surface area (Å²) in [6.07, 6.45) is 15.9. The molecule has 0 fully saturated rings. The van der Waals surface area contributed by atoms with Gasteiger partial charge in [0.25, 0.3) is 0 Å². The van der Waals surface area contributed by atoms with Crippen molar-refractivity contribution >= 4 is 5.97 Å². The van der Waals surface area contributed by atoms with Crippen molar-refractivity contribution in [1.82, 2.24) is 0 Å². The Morgan fingerprint density at radius 2 is 2.28 bits per heavy atom. The SMILES string of the molecule is C=CCCC/C=C1\C=CC=CC1CC(=O)OCC. The number of allylic oxidation sites excluding steroid dienone is 7. The van der Waals surface area contributed by atoms with E-state index in [1.54, 1.807) is 0 Å². The minimum absolute atomic E-state index is 0.126. The van der Waals surface area contributed by atoms with Gasteiger partial charge in [0.1, 0.15) is 0 Å². The molecule has 2 nitrogen and oxygen atoms in total. The molecule has 0 aromatic carbocycles. The molecule has 0 aromatic heterocycles. The number of carbonyl (C=O) groups excluding carboxylic acids is 1. The van der Waals surface area contributed by atoms with Crippen molar-refractivity contribution in [1.29, 1.82) is 0 Å². The zero-order chi connectivity index (χ0) is 13.2. The molecule has 0 heterocycles. The molecule has 18 heavy (non-hydrogen) atoms. The predicted molar refractivity (Wildman–Crippen MR) is 75.2 cm³/mol. The van der Waals surface area contributed by atoms with Crippen LogP contribution in [-0.4, -0.2) is 12.6 Å². The summed E-state index contributed by atoms with van der Waals surface area (Å²) in [6.45, 7) is 5.99. The number of carbonyl (C=O) groups is 1. The molecule has 0 radical (unpaired) electrons. The van der Waals surface area contributed by atoms with Gasteiger partial charge in [0.2, 0.25) is 0 Å². The van der Waals surface area contributed by atoms with E-state index in [-0.39, 0.29) is 11.9 Å². The average molecular weight is 246 g/mol. The minimum Gasteiger partial charge on any atom is -0.466 e. The van der Waals surface area contributed by atoms with E-state index in [2.05, 4.69) is 24.8 Å². The van der Waals surface area contributed by atoms with E-state index in [9.17, 15) is 4.79 Å². The smallest absolute Gasteiger partial charge is 0.306 e. The first-order chi connectivity index (χ1) is 8.77. The minimum atomic E-state index is -0.126. The average Bonchev–Trinajstić information content (AvgIpc) is 2.37. The van der Waals surface area contributed by atoms with Gasteiger partial charge in [0, 0.05) is 5.92 Å². The quantitative estimate of drug-likeness (QED) is 0.386. The molecule has 0 N–H and O–H groups in total. The summed E-state index contributed by atoms with van der Waals surface area (Å²) in [5, 5.41) is 0. The van der Waals surface area contributed by atoms with Crippen LogP contribution >= 0.6 is 0 Å². The monoisotopic (exact) mass is 246 g/mol. The first-order valence-electron chi connectivity index (χ1n) is 6.59. The second kappa shape index (κ2) is 8.51. The van der Waals surface area contributed by atoms with Gasteiger partial charge in [-0.15, -0.1) is 6.58 Å². The third kappa shape index (κ3) is 5.17. The number of hydrogen-bond donors (Lipinski definition) is 0. The first kappa shape index (κ1) is 14.5. The molecule has 0 saturated heterocycles. The Balaban J connectivity index is 2.52. The van der Waals surface area contributed by atoms with Crippen molar-refractivity contribution in [3.8, 4) is 0 Å². The first-order valence-corrected chi connectivity index (χ1v) is 6.59. The molecule has 0 saturated carbocycles. The topological polar surface area (TPSA) is 26.3 Å². The normalized spacial score (nSPS) is 20.1. The van der Waals surface area contributed by atoms with Gasteiger partial charge in [0.15, 0.2) is 0 Å². The third-order valence-electron chi connectivity index (χ3n) is 2.86. The van der Waals surface area contributed by atoms with Crippen LogP contribution in [-0.2, 0) is 9.53 Å². The summed E-state index contributed by atoms with van der Waals surface area (Å²) in [5.74, 6) is 0.0391. The van der Waals surface area contributed by atoms with Gasteiger partial charge >= 0.3 is 5.97 Å². The fraction of sp³-hybridized carbons (Fsp3) is 0.438. The van der Waals surface area contributed by atoms with E-state index in [4.69, 9.17) is 4.74 Å². The second-order valence-electron chi connectivity index (χ2n) is 4.28. The van der Waals surface area contributed by atoms with E-state index in [1.807, 2.05) is 25.2 Å². The van der Waals surface area contributed by atoms with Gasteiger partial charge in [-0.05, 0) is 31.8 Å². The van der Waals surface area contributed by atoms with Crippen molar-refractivity contribution in [2.75, 3.05) is 6.61 Å². The fourth-order valence-electron chi connectivity index (χ4n) is 1.94. The maximum Gasteiger partial charge on any atom is 0.306 e. The number of esters is 1. The molecule has 98 valence electrons. The number of unbranched alkanes of at least 4 members (excludes halogenated alkanes) is 2. The Bertz CT molecular complexity index is 361. The molecule has 1 aliphatic carbocycles. The summed E-state index contributed by atoms with van der Waals surface area (Å²) in [6, 6.07) is 0. The lowest BCUT2D eigenvalue weighted by Gasteiger charge is -2.16. The van der Waals surface area contributed by atoms with Crippen LogP contribution in [0.4, 0.5) is 0 Å². The van der Waals surface area contributed by atoms with Gasteiger partial charge in [-0.3, -0.25) is 4.79 Å². The Morgan fingerprint density at radius 1 is 1.44 bits per heavy atom. The highest BCUT2D eigenvalue weighted by molar-refractivity contribution is 5.71. The molecule has 0 spiro atoms. The van der Waals surface area contributed by atoms with Crippen molar-refractivity contribution in [2.45, 2.75) is 32.6 Å². The van der Waals surface area contributed by atoms with Crippen molar-refractivity contribution < 1.29 is 9.53 Å². The van der Waals surface area contributed by atoms with Gasteiger partial charge in [-0.2, -0.15) is 0 Å². The lowest BCUT2D eigenvalue weighted by atomic mass is 9.90.